The van der Waals surface area contributed by atoms with Gasteiger partial charge in [-0.25, -0.2) is 4.98 Å². The van der Waals surface area contributed by atoms with Crippen LogP contribution in [-0.4, -0.2) is 37.5 Å². The third-order valence-corrected chi connectivity index (χ3v) is 4.31. The molecule has 3 heterocycles. The van der Waals surface area contributed by atoms with Crippen molar-refractivity contribution in [2.45, 2.75) is 25.3 Å². The van der Waals surface area contributed by atoms with Crippen LogP contribution in [0.4, 0.5) is 0 Å². The van der Waals surface area contributed by atoms with E-state index in [0.717, 1.165) is 42.5 Å². The minimum absolute atomic E-state index is 0.0656. The van der Waals surface area contributed by atoms with E-state index in [1.165, 1.54) is 0 Å². The zero-order valence-corrected chi connectivity index (χ0v) is 12.1. The van der Waals surface area contributed by atoms with Crippen LogP contribution in [-0.2, 0) is 0 Å². The molecule has 2 aromatic heterocycles. The first kappa shape index (κ1) is 13.1. The van der Waals surface area contributed by atoms with E-state index < -0.39 is 0 Å². The summed E-state index contributed by atoms with van der Waals surface area (Å²) in [6.07, 6.45) is 6.53. The van der Waals surface area contributed by atoms with Gasteiger partial charge in [0, 0.05) is 18.3 Å². The lowest BCUT2D eigenvalue weighted by molar-refractivity contribution is 0.0606. The Balaban J connectivity index is 1.67. The van der Waals surface area contributed by atoms with Crippen LogP contribution >= 0.6 is 0 Å². The summed E-state index contributed by atoms with van der Waals surface area (Å²) in [7, 11) is 0. The summed E-state index contributed by atoms with van der Waals surface area (Å²) in [5.74, 6) is 0.0656. The highest BCUT2D eigenvalue weighted by Gasteiger charge is 2.29. The Labute approximate surface area is 127 Å². The molecule has 2 N–H and O–H groups in total. The molecule has 0 saturated carbocycles. The van der Waals surface area contributed by atoms with Crippen molar-refractivity contribution in [1.82, 2.24) is 25.1 Å². The fourth-order valence-corrected chi connectivity index (χ4v) is 3.18. The van der Waals surface area contributed by atoms with Crippen molar-refractivity contribution in [3.05, 3.63) is 48.0 Å². The smallest absolute Gasteiger partial charge is 0.254 e. The number of nitrogens with zero attached hydrogens (tertiary/aromatic N) is 3. The van der Waals surface area contributed by atoms with Crippen molar-refractivity contribution < 1.29 is 4.79 Å². The number of H-pyrrole nitrogens is 2. The molecule has 0 bridgehead atoms. The lowest BCUT2D eigenvalue weighted by Crippen LogP contribution is -2.38. The number of fused-ring (bicyclic) bond motifs is 1. The molecule has 1 aliphatic rings. The van der Waals surface area contributed by atoms with Gasteiger partial charge >= 0.3 is 0 Å². The highest BCUT2D eigenvalue weighted by Crippen LogP contribution is 2.31. The lowest BCUT2D eigenvalue weighted by atomic mass is 9.98. The van der Waals surface area contributed by atoms with Crippen molar-refractivity contribution >= 4 is 16.9 Å². The molecule has 0 unspecified atom stereocenters. The average Bonchev–Trinajstić information content (AvgIpc) is 3.24. The Morgan fingerprint density at radius 3 is 3.09 bits per heavy atom. The Hall–Kier alpha value is -2.63. The van der Waals surface area contributed by atoms with Gasteiger partial charge < -0.3 is 9.88 Å². The van der Waals surface area contributed by atoms with Gasteiger partial charge in [-0.15, -0.1) is 0 Å². The molecule has 112 valence electrons. The van der Waals surface area contributed by atoms with Crippen LogP contribution in [0.15, 0.2) is 36.8 Å². The first-order chi connectivity index (χ1) is 10.8. The van der Waals surface area contributed by atoms with E-state index in [-0.39, 0.29) is 11.9 Å². The number of likely N-dealkylation sites (tertiary alicyclic amines) is 1. The molecule has 22 heavy (non-hydrogen) atoms. The average molecular weight is 295 g/mol. The monoisotopic (exact) mass is 295 g/mol. The predicted octanol–water partition coefficient (Wildman–Crippen LogP) is 2.65. The van der Waals surface area contributed by atoms with Gasteiger partial charge in [0.1, 0.15) is 0 Å². The van der Waals surface area contributed by atoms with E-state index in [1.807, 2.05) is 29.2 Å². The highest BCUT2D eigenvalue weighted by molar-refractivity contribution is 5.97. The molecule has 3 aromatic rings. The minimum atomic E-state index is 0.0656. The number of nitrogens with one attached hydrogen (secondary N) is 2. The quantitative estimate of drug-likeness (QED) is 0.763. The number of imidazole rings is 1. The Morgan fingerprint density at radius 1 is 1.27 bits per heavy atom. The van der Waals surface area contributed by atoms with E-state index in [2.05, 4.69) is 20.2 Å². The largest absolute Gasteiger partial charge is 0.345 e. The SMILES string of the molecule is O=C(c1ccc2nc[nH]c2c1)N1CCCC[C@H]1c1ccn[nH]1. The summed E-state index contributed by atoms with van der Waals surface area (Å²) >= 11 is 0. The maximum Gasteiger partial charge on any atom is 0.254 e. The van der Waals surface area contributed by atoms with Crippen LogP contribution in [0.5, 0.6) is 0 Å². The zero-order chi connectivity index (χ0) is 14.9. The number of carbonyl (C=O) groups excluding carboxylic acids is 1. The third kappa shape index (κ3) is 2.16. The number of rotatable bonds is 2. The third-order valence-electron chi connectivity index (χ3n) is 4.31. The molecular weight excluding hydrogens is 278 g/mol. The first-order valence-corrected chi connectivity index (χ1v) is 7.56. The van der Waals surface area contributed by atoms with E-state index in [1.54, 1.807) is 12.5 Å². The second kappa shape index (κ2) is 5.29. The Morgan fingerprint density at radius 2 is 2.23 bits per heavy atom. The summed E-state index contributed by atoms with van der Waals surface area (Å²) < 4.78 is 0. The highest BCUT2D eigenvalue weighted by atomic mass is 16.2. The van der Waals surface area contributed by atoms with Crippen LogP contribution in [0.3, 0.4) is 0 Å². The molecule has 0 aliphatic carbocycles. The maximum atomic E-state index is 12.9. The Kier molecular flexibility index (Phi) is 3.14. The molecule has 4 rings (SSSR count). The summed E-state index contributed by atoms with van der Waals surface area (Å²) in [5.41, 5.74) is 3.47. The molecule has 0 spiro atoms. The van der Waals surface area contributed by atoms with Gasteiger partial charge in [0.25, 0.3) is 5.91 Å². The van der Waals surface area contributed by atoms with Crippen molar-refractivity contribution in [2.24, 2.45) is 0 Å². The molecule has 1 aromatic carbocycles. The number of aromatic nitrogens is 4. The molecule has 1 fully saturated rings. The molecule has 1 aliphatic heterocycles. The maximum absolute atomic E-state index is 12.9. The molecule has 1 atom stereocenters. The second-order valence-electron chi connectivity index (χ2n) is 5.66. The van der Waals surface area contributed by atoms with Gasteiger partial charge in [-0.05, 0) is 43.5 Å². The van der Waals surface area contributed by atoms with Gasteiger partial charge in [0.15, 0.2) is 0 Å². The molecule has 1 saturated heterocycles. The summed E-state index contributed by atoms with van der Waals surface area (Å²) in [5, 5.41) is 7.03. The lowest BCUT2D eigenvalue weighted by Gasteiger charge is -2.35. The second-order valence-corrected chi connectivity index (χ2v) is 5.66. The van der Waals surface area contributed by atoms with Gasteiger partial charge in [-0.3, -0.25) is 9.89 Å². The molecule has 0 radical (unpaired) electrons. The van der Waals surface area contributed by atoms with Crippen LogP contribution in [0.2, 0.25) is 0 Å². The van der Waals surface area contributed by atoms with Gasteiger partial charge in [-0.2, -0.15) is 5.10 Å². The van der Waals surface area contributed by atoms with Crippen molar-refractivity contribution in [3.63, 3.8) is 0 Å². The molecule has 6 nitrogen and oxygen atoms in total. The number of benzene rings is 1. The van der Waals surface area contributed by atoms with Crippen LogP contribution in [0, 0.1) is 0 Å². The van der Waals surface area contributed by atoms with Crippen LogP contribution in [0.1, 0.15) is 41.4 Å². The van der Waals surface area contributed by atoms with Crippen molar-refractivity contribution in [1.29, 1.82) is 0 Å². The molecule has 1 amide bonds. The number of amides is 1. The van der Waals surface area contributed by atoms with Crippen LogP contribution < -0.4 is 0 Å². The predicted molar refractivity (Wildman–Crippen MR) is 82.3 cm³/mol. The number of piperidine rings is 1. The number of aromatic amines is 2. The summed E-state index contributed by atoms with van der Waals surface area (Å²) in [6, 6.07) is 7.65. The van der Waals surface area contributed by atoms with Gasteiger partial charge in [-0.1, -0.05) is 0 Å². The van der Waals surface area contributed by atoms with Gasteiger partial charge in [0.05, 0.1) is 29.1 Å². The topological polar surface area (TPSA) is 77.7 Å². The summed E-state index contributed by atoms with van der Waals surface area (Å²) in [4.78, 5) is 22.1. The zero-order valence-electron chi connectivity index (χ0n) is 12.1. The molecule has 6 heteroatoms. The number of hydrogen-bond acceptors (Lipinski definition) is 3. The normalized spacial score (nSPS) is 18.7. The van der Waals surface area contributed by atoms with Crippen LogP contribution in [0.25, 0.3) is 11.0 Å². The molecular formula is C16H17N5O. The first-order valence-electron chi connectivity index (χ1n) is 7.56. The number of hydrogen-bond donors (Lipinski definition) is 2. The minimum Gasteiger partial charge on any atom is -0.345 e. The van der Waals surface area contributed by atoms with E-state index >= 15 is 0 Å². The number of carbonyl (C=O) groups is 1. The van der Waals surface area contributed by atoms with Crippen molar-refractivity contribution in [3.8, 4) is 0 Å². The van der Waals surface area contributed by atoms with Gasteiger partial charge in [0.2, 0.25) is 0 Å². The van der Waals surface area contributed by atoms with Crippen molar-refractivity contribution in [2.75, 3.05) is 6.54 Å². The van der Waals surface area contributed by atoms with E-state index in [9.17, 15) is 4.79 Å². The standard InChI is InChI=1S/C16H17N5O/c22-16(11-4-5-12-14(9-11)18-10-17-12)21-8-2-1-3-15(21)13-6-7-19-20-13/h4-7,9-10,15H,1-3,8H2,(H,17,18)(H,19,20)/t15-/m0/s1. The van der Waals surface area contributed by atoms with E-state index in [0.29, 0.717) is 5.56 Å². The fourth-order valence-electron chi connectivity index (χ4n) is 3.18. The summed E-state index contributed by atoms with van der Waals surface area (Å²) in [6.45, 7) is 0.781. The van der Waals surface area contributed by atoms with E-state index in [4.69, 9.17) is 0 Å². The Bertz CT molecular complexity index is 792. The fraction of sp³-hybridized carbons (Fsp3) is 0.312.